The van der Waals surface area contributed by atoms with Crippen LogP contribution in [-0.4, -0.2) is 0 Å². The Hall–Kier alpha value is -0.850. The molecule has 0 spiro atoms. The zero-order valence-electron chi connectivity index (χ0n) is 22.1. The van der Waals surface area contributed by atoms with Gasteiger partial charge in [0.1, 0.15) is 6.54 Å². The Bertz CT molecular complexity index is 505. The molecule has 0 aromatic carbocycles. The van der Waals surface area contributed by atoms with Crippen molar-refractivity contribution in [3.05, 3.63) is 29.6 Å². The van der Waals surface area contributed by atoms with E-state index in [1.165, 1.54) is 127 Å². The van der Waals surface area contributed by atoms with E-state index in [4.69, 9.17) is 0 Å². The molecule has 1 heteroatoms. The first-order valence-corrected chi connectivity index (χ1v) is 14.1. The Morgan fingerprint density at radius 2 is 0.839 bits per heavy atom. The Balaban J connectivity index is 1.96. The van der Waals surface area contributed by atoms with Gasteiger partial charge in [0.05, 0.1) is 0 Å². The van der Waals surface area contributed by atoms with Crippen molar-refractivity contribution >= 4 is 0 Å². The van der Waals surface area contributed by atoms with Crippen molar-refractivity contribution in [1.82, 2.24) is 0 Å². The van der Waals surface area contributed by atoms with Crippen LogP contribution < -0.4 is 4.57 Å². The third-order valence-electron chi connectivity index (χ3n) is 6.82. The predicted molar refractivity (Wildman–Crippen MR) is 139 cm³/mol. The smallest absolute Gasteiger partial charge is 0.172 e. The molecule has 31 heavy (non-hydrogen) atoms. The number of rotatable bonds is 20. The molecule has 0 radical (unpaired) electrons. The number of nitrogens with zero attached hydrogens (tertiary/aromatic N) is 1. The van der Waals surface area contributed by atoms with E-state index in [9.17, 15) is 0 Å². The SMILES string of the molecule is CCCCCCCCCCCCCCCCCCC[n+]1cc(C(C)C)cc(C(C)C)c1. The van der Waals surface area contributed by atoms with Crippen molar-refractivity contribution in [3.8, 4) is 0 Å². The molecule has 0 fully saturated rings. The molecule has 0 aliphatic heterocycles. The first-order chi connectivity index (χ1) is 15.0. The van der Waals surface area contributed by atoms with E-state index in [0.29, 0.717) is 11.8 Å². The fourth-order valence-electron chi connectivity index (χ4n) is 4.47. The topological polar surface area (TPSA) is 3.88 Å². The van der Waals surface area contributed by atoms with Gasteiger partial charge in [0.25, 0.3) is 0 Å². The standard InChI is InChI=1S/C30H56N/c1-6-7-8-9-10-11-12-13-14-15-16-17-18-19-20-21-22-23-31-25-29(27(2)3)24-30(26-31)28(4)5/h24-28H,6-23H2,1-5H3/q+1. The summed E-state index contributed by atoms with van der Waals surface area (Å²) in [5, 5.41) is 0. The molecule has 0 N–H and O–H groups in total. The summed E-state index contributed by atoms with van der Waals surface area (Å²) in [5.74, 6) is 1.22. The van der Waals surface area contributed by atoms with Gasteiger partial charge < -0.3 is 0 Å². The number of aromatic nitrogens is 1. The molecule has 0 amide bonds. The lowest BCUT2D eigenvalue weighted by molar-refractivity contribution is -0.698. The van der Waals surface area contributed by atoms with E-state index in [2.05, 4.69) is 57.6 Å². The summed E-state index contributed by atoms with van der Waals surface area (Å²) >= 11 is 0. The van der Waals surface area contributed by atoms with Gasteiger partial charge in [-0.1, -0.05) is 131 Å². The lowest BCUT2D eigenvalue weighted by atomic mass is 9.98. The van der Waals surface area contributed by atoms with Gasteiger partial charge in [-0.2, -0.15) is 0 Å². The van der Waals surface area contributed by atoms with Crippen LogP contribution in [0.5, 0.6) is 0 Å². The number of hydrogen-bond acceptors (Lipinski definition) is 0. The summed E-state index contributed by atoms with van der Waals surface area (Å²) in [6.45, 7) is 12.7. The second kappa shape index (κ2) is 18.7. The first-order valence-electron chi connectivity index (χ1n) is 14.1. The van der Waals surface area contributed by atoms with Crippen molar-refractivity contribution in [2.24, 2.45) is 0 Å². The molecule has 0 bridgehead atoms. The highest BCUT2D eigenvalue weighted by atomic mass is 14.9. The number of pyridine rings is 1. The molecule has 0 saturated carbocycles. The van der Waals surface area contributed by atoms with Crippen LogP contribution >= 0.6 is 0 Å². The molecule has 0 aliphatic carbocycles. The molecule has 0 unspecified atom stereocenters. The summed E-state index contributed by atoms with van der Waals surface area (Å²) < 4.78 is 2.45. The van der Waals surface area contributed by atoms with Gasteiger partial charge in [0, 0.05) is 17.5 Å². The van der Waals surface area contributed by atoms with Gasteiger partial charge in [0.15, 0.2) is 12.4 Å². The molecular formula is C30H56N+. The maximum atomic E-state index is 2.45. The van der Waals surface area contributed by atoms with E-state index in [1.807, 2.05) is 0 Å². The number of hydrogen-bond donors (Lipinski definition) is 0. The van der Waals surface area contributed by atoms with Gasteiger partial charge >= 0.3 is 0 Å². The molecule has 0 aliphatic rings. The first kappa shape index (κ1) is 28.2. The average molecular weight is 431 g/mol. The van der Waals surface area contributed by atoms with Crippen molar-refractivity contribution in [2.45, 2.75) is 162 Å². The lowest BCUT2D eigenvalue weighted by Crippen LogP contribution is -2.34. The van der Waals surface area contributed by atoms with Crippen LogP contribution in [0.15, 0.2) is 18.5 Å². The van der Waals surface area contributed by atoms with Crippen LogP contribution in [0, 0.1) is 0 Å². The predicted octanol–water partition coefficient (Wildman–Crippen LogP) is 9.87. The van der Waals surface area contributed by atoms with Crippen LogP contribution in [-0.2, 0) is 6.54 Å². The minimum Gasteiger partial charge on any atom is -0.205 e. The Morgan fingerprint density at radius 1 is 0.516 bits per heavy atom. The molecular weight excluding hydrogens is 374 g/mol. The minimum atomic E-state index is 0.612. The highest BCUT2D eigenvalue weighted by Gasteiger charge is 2.12. The van der Waals surface area contributed by atoms with E-state index < -0.39 is 0 Å². The third-order valence-corrected chi connectivity index (χ3v) is 6.82. The van der Waals surface area contributed by atoms with Crippen molar-refractivity contribution in [1.29, 1.82) is 0 Å². The Labute approximate surface area is 196 Å². The Kier molecular flexibility index (Phi) is 17.0. The van der Waals surface area contributed by atoms with Crippen molar-refractivity contribution in [2.75, 3.05) is 0 Å². The lowest BCUT2D eigenvalue weighted by Gasteiger charge is -2.10. The van der Waals surface area contributed by atoms with Gasteiger partial charge in [-0.15, -0.1) is 0 Å². The molecule has 1 aromatic rings. The molecule has 180 valence electrons. The second-order valence-electron chi connectivity index (χ2n) is 10.6. The van der Waals surface area contributed by atoms with Crippen LogP contribution in [0.1, 0.15) is 167 Å². The summed E-state index contributed by atoms with van der Waals surface area (Å²) in [6, 6.07) is 2.40. The van der Waals surface area contributed by atoms with E-state index >= 15 is 0 Å². The maximum absolute atomic E-state index is 2.45. The fraction of sp³-hybridized carbons (Fsp3) is 0.833. The molecule has 1 rings (SSSR count). The van der Waals surface area contributed by atoms with Gasteiger partial charge in [-0.25, -0.2) is 4.57 Å². The van der Waals surface area contributed by atoms with Gasteiger partial charge in [-0.05, 0) is 24.3 Å². The highest BCUT2D eigenvalue weighted by molar-refractivity contribution is 5.20. The zero-order chi connectivity index (χ0) is 22.7. The Morgan fingerprint density at radius 3 is 1.16 bits per heavy atom. The van der Waals surface area contributed by atoms with E-state index in [0.717, 1.165) is 0 Å². The average Bonchev–Trinajstić information content (AvgIpc) is 2.75. The van der Waals surface area contributed by atoms with Crippen molar-refractivity contribution < 1.29 is 4.57 Å². The van der Waals surface area contributed by atoms with E-state index in [1.54, 1.807) is 0 Å². The second-order valence-corrected chi connectivity index (χ2v) is 10.6. The molecule has 1 heterocycles. The molecule has 1 aromatic heterocycles. The largest absolute Gasteiger partial charge is 0.205 e. The van der Waals surface area contributed by atoms with Gasteiger partial charge in [-0.3, -0.25) is 0 Å². The number of unbranched alkanes of at least 4 members (excludes halogenated alkanes) is 16. The summed E-state index contributed by atoms with van der Waals surface area (Å²) in [4.78, 5) is 0. The molecule has 1 nitrogen and oxygen atoms in total. The molecule has 0 atom stereocenters. The van der Waals surface area contributed by atoms with Crippen LogP contribution in [0.25, 0.3) is 0 Å². The maximum Gasteiger partial charge on any atom is 0.172 e. The van der Waals surface area contributed by atoms with Crippen LogP contribution in [0.4, 0.5) is 0 Å². The summed E-state index contributed by atoms with van der Waals surface area (Å²) in [7, 11) is 0. The fourth-order valence-corrected chi connectivity index (χ4v) is 4.47. The monoisotopic (exact) mass is 430 g/mol. The molecule has 0 saturated heterocycles. The van der Waals surface area contributed by atoms with E-state index in [-0.39, 0.29) is 0 Å². The van der Waals surface area contributed by atoms with Crippen molar-refractivity contribution in [3.63, 3.8) is 0 Å². The zero-order valence-corrected chi connectivity index (χ0v) is 22.1. The summed E-state index contributed by atoms with van der Waals surface area (Å²) in [6.07, 6.45) is 29.3. The van der Waals surface area contributed by atoms with Gasteiger partial charge in [0.2, 0.25) is 0 Å². The quantitative estimate of drug-likeness (QED) is 0.143. The summed E-state index contributed by atoms with van der Waals surface area (Å²) in [5.41, 5.74) is 2.97. The van der Waals surface area contributed by atoms with Crippen LogP contribution in [0.3, 0.4) is 0 Å². The third kappa shape index (κ3) is 14.8. The van der Waals surface area contributed by atoms with Crippen LogP contribution in [0.2, 0.25) is 0 Å². The minimum absolute atomic E-state index is 0.612. The highest BCUT2D eigenvalue weighted by Crippen LogP contribution is 2.19. The normalized spacial score (nSPS) is 11.7. The number of aryl methyl sites for hydroxylation is 1.